The number of carbonyl (C=O) groups excluding carboxylic acids is 3. The second-order valence-electron chi connectivity index (χ2n) is 21.7. The van der Waals surface area contributed by atoms with E-state index in [1.807, 2.05) is 0 Å². The maximum atomic E-state index is 12.9. The summed E-state index contributed by atoms with van der Waals surface area (Å²) in [6, 6.07) is 0. The van der Waals surface area contributed by atoms with Crippen LogP contribution in [-0.2, 0) is 28.6 Å². The molecule has 0 saturated heterocycles. The normalized spacial score (nSPS) is 12.6. The van der Waals surface area contributed by atoms with E-state index in [2.05, 4.69) is 106 Å². The van der Waals surface area contributed by atoms with E-state index in [1.165, 1.54) is 173 Å². The van der Waals surface area contributed by atoms with Crippen molar-refractivity contribution >= 4 is 17.9 Å². The number of hydrogen-bond donors (Lipinski definition) is 0. The van der Waals surface area contributed by atoms with Crippen LogP contribution in [0.3, 0.4) is 0 Å². The van der Waals surface area contributed by atoms with Gasteiger partial charge in [-0.15, -0.1) is 0 Å². The molecule has 0 N–H and O–H groups in total. The van der Waals surface area contributed by atoms with Crippen molar-refractivity contribution in [2.45, 2.75) is 329 Å². The number of esters is 3. The summed E-state index contributed by atoms with van der Waals surface area (Å²) in [4.78, 5) is 38.3. The highest BCUT2D eigenvalue weighted by Crippen LogP contribution is 2.17. The molecule has 76 heavy (non-hydrogen) atoms. The Labute approximate surface area is 471 Å². The molecule has 0 radical (unpaired) electrons. The molecule has 438 valence electrons. The monoisotopic (exact) mass is 1060 g/mol. The van der Waals surface area contributed by atoms with E-state index in [0.717, 1.165) is 109 Å². The Morgan fingerprint density at radius 3 is 0.803 bits per heavy atom. The molecule has 0 spiro atoms. The Hall–Kier alpha value is -3.41. The van der Waals surface area contributed by atoms with Crippen molar-refractivity contribution in [3.8, 4) is 0 Å². The molecule has 1 unspecified atom stereocenters. The van der Waals surface area contributed by atoms with Crippen LogP contribution in [0.4, 0.5) is 0 Å². The number of ether oxygens (including phenoxy) is 3. The van der Waals surface area contributed by atoms with Gasteiger partial charge in [0.1, 0.15) is 13.2 Å². The smallest absolute Gasteiger partial charge is 0.306 e. The lowest BCUT2D eigenvalue weighted by molar-refractivity contribution is -0.167. The minimum atomic E-state index is -0.778. The van der Waals surface area contributed by atoms with Crippen LogP contribution in [0.5, 0.6) is 0 Å². The van der Waals surface area contributed by atoms with E-state index in [9.17, 15) is 14.4 Å². The number of hydrogen-bond acceptors (Lipinski definition) is 6. The van der Waals surface area contributed by atoms with Gasteiger partial charge >= 0.3 is 17.9 Å². The highest BCUT2D eigenvalue weighted by atomic mass is 16.6. The van der Waals surface area contributed by atoms with Crippen LogP contribution in [0.2, 0.25) is 0 Å². The molecule has 0 saturated carbocycles. The van der Waals surface area contributed by atoms with Crippen molar-refractivity contribution in [2.24, 2.45) is 0 Å². The molecular weight excluding hydrogens is 937 g/mol. The number of allylic oxidation sites excluding steroid dienone is 14. The quantitative estimate of drug-likeness (QED) is 0.0261. The minimum Gasteiger partial charge on any atom is -0.462 e. The Balaban J connectivity index is 4.28. The zero-order chi connectivity index (χ0) is 55.0. The highest BCUT2D eigenvalue weighted by Gasteiger charge is 2.19. The predicted octanol–water partition coefficient (Wildman–Crippen LogP) is 22.3. The standard InChI is InChI=1S/C70H122O6/c1-4-7-10-13-16-19-22-25-27-29-30-31-32-33-34-35-36-37-38-39-40-42-43-45-48-51-54-57-60-63-69(72)75-66-67(65-74-68(71)62-59-56-53-50-47-24-21-18-15-12-9-6-3)76-70(73)64-61-58-55-52-49-46-44-41-28-26-23-20-17-14-11-8-5-2/h7,10,16,19,25,27,30-31,33-34,36-37,39-40,67H,4-6,8-9,11-15,17-18,20-24,26,28-29,32,35,38,41-66H2,1-3H3/b10-7-,19-16-,27-25-,31-30-,34-33-,37-36-,40-39-. The van der Waals surface area contributed by atoms with Gasteiger partial charge in [-0.25, -0.2) is 0 Å². The van der Waals surface area contributed by atoms with E-state index < -0.39 is 6.10 Å². The van der Waals surface area contributed by atoms with E-state index >= 15 is 0 Å². The largest absolute Gasteiger partial charge is 0.462 e. The molecule has 0 aromatic heterocycles. The van der Waals surface area contributed by atoms with Crippen LogP contribution in [0.15, 0.2) is 85.1 Å². The first-order valence-electron chi connectivity index (χ1n) is 32.6. The summed E-state index contributed by atoms with van der Waals surface area (Å²) in [6.45, 7) is 6.55. The van der Waals surface area contributed by atoms with Gasteiger partial charge < -0.3 is 14.2 Å². The SMILES string of the molecule is CC/C=C\C/C=C\C/C=C\C/C=C\C/C=C\C/C=C\C/C=C\CCCCCCCCCC(=O)OCC(COC(=O)CCCCCCCCCCCCCC)OC(=O)CCCCCCCCCCCCCCCCCCC. The maximum Gasteiger partial charge on any atom is 0.306 e. The molecule has 6 nitrogen and oxygen atoms in total. The van der Waals surface area contributed by atoms with Gasteiger partial charge in [0.25, 0.3) is 0 Å². The lowest BCUT2D eigenvalue weighted by atomic mass is 10.0. The summed E-state index contributed by atoms with van der Waals surface area (Å²) < 4.78 is 16.9. The Morgan fingerprint density at radius 1 is 0.276 bits per heavy atom. The van der Waals surface area contributed by atoms with Crippen molar-refractivity contribution in [1.82, 2.24) is 0 Å². The molecule has 0 rings (SSSR count). The molecule has 6 heteroatoms. The molecule has 1 atom stereocenters. The van der Waals surface area contributed by atoms with E-state index in [0.29, 0.717) is 19.3 Å². The van der Waals surface area contributed by atoms with Gasteiger partial charge in [-0.1, -0.05) is 311 Å². The van der Waals surface area contributed by atoms with Crippen LogP contribution in [-0.4, -0.2) is 37.2 Å². The summed E-state index contributed by atoms with van der Waals surface area (Å²) in [5.41, 5.74) is 0. The third kappa shape index (κ3) is 61.4. The molecule has 0 amide bonds. The average Bonchev–Trinajstić information content (AvgIpc) is 3.42. The van der Waals surface area contributed by atoms with Crippen molar-refractivity contribution in [2.75, 3.05) is 13.2 Å². The molecule has 0 bridgehead atoms. The minimum absolute atomic E-state index is 0.0750. The van der Waals surface area contributed by atoms with Gasteiger partial charge in [0.2, 0.25) is 0 Å². The number of rotatable bonds is 59. The zero-order valence-corrected chi connectivity index (χ0v) is 50.3. The van der Waals surface area contributed by atoms with Crippen molar-refractivity contribution in [1.29, 1.82) is 0 Å². The summed E-state index contributed by atoms with van der Waals surface area (Å²) in [5, 5.41) is 0. The highest BCUT2D eigenvalue weighted by molar-refractivity contribution is 5.71. The van der Waals surface area contributed by atoms with Gasteiger partial charge in [0.15, 0.2) is 6.10 Å². The predicted molar refractivity (Wildman–Crippen MR) is 330 cm³/mol. The van der Waals surface area contributed by atoms with Crippen molar-refractivity contribution in [3.63, 3.8) is 0 Å². The van der Waals surface area contributed by atoms with Gasteiger partial charge in [0, 0.05) is 19.3 Å². The lowest BCUT2D eigenvalue weighted by Gasteiger charge is -2.18. The summed E-state index contributed by atoms with van der Waals surface area (Å²) in [7, 11) is 0. The van der Waals surface area contributed by atoms with Gasteiger partial charge in [0.05, 0.1) is 0 Å². The molecule has 0 aliphatic heterocycles. The van der Waals surface area contributed by atoms with E-state index in [4.69, 9.17) is 14.2 Å². The second kappa shape index (κ2) is 64.1. The van der Waals surface area contributed by atoms with Crippen LogP contribution in [0.1, 0.15) is 323 Å². The first-order chi connectivity index (χ1) is 37.5. The zero-order valence-electron chi connectivity index (χ0n) is 50.3. The van der Waals surface area contributed by atoms with E-state index in [-0.39, 0.29) is 31.1 Å². The number of unbranched alkanes of at least 4 members (excludes halogenated alkanes) is 34. The van der Waals surface area contributed by atoms with Crippen LogP contribution >= 0.6 is 0 Å². The summed E-state index contributed by atoms with van der Waals surface area (Å²) >= 11 is 0. The van der Waals surface area contributed by atoms with E-state index in [1.54, 1.807) is 0 Å². The molecule has 0 aromatic rings. The molecule has 0 aliphatic rings. The molecular formula is C70H122O6. The summed E-state index contributed by atoms with van der Waals surface area (Å²) in [5.74, 6) is -0.871. The Bertz CT molecular complexity index is 1450. The maximum absolute atomic E-state index is 12.9. The van der Waals surface area contributed by atoms with Gasteiger partial charge in [-0.2, -0.15) is 0 Å². The Kier molecular flexibility index (Phi) is 61.2. The molecule has 0 heterocycles. The Morgan fingerprint density at radius 2 is 0.513 bits per heavy atom. The fraction of sp³-hybridized carbons (Fsp3) is 0.757. The molecule has 0 aliphatic carbocycles. The molecule has 0 fully saturated rings. The van der Waals surface area contributed by atoms with Crippen molar-refractivity contribution in [3.05, 3.63) is 85.1 Å². The third-order valence-electron chi connectivity index (χ3n) is 14.2. The van der Waals surface area contributed by atoms with Crippen LogP contribution in [0.25, 0.3) is 0 Å². The number of carbonyl (C=O) groups is 3. The fourth-order valence-electron chi connectivity index (χ4n) is 9.31. The average molecular weight is 1060 g/mol. The third-order valence-corrected chi connectivity index (χ3v) is 14.2. The van der Waals surface area contributed by atoms with Gasteiger partial charge in [-0.05, 0) is 77.0 Å². The lowest BCUT2D eigenvalue weighted by Crippen LogP contribution is -2.30. The first-order valence-corrected chi connectivity index (χ1v) is 32.6. The summed E-state index contributed by atoms with van der Waals surface area (Å²) in [6.07, 6.45) is 84.4. The molecule has 0 aromatic carbocycles. The fourth-order valence-corrected chi connectivity index (χ4v) is 9.31. The van der Waals surface area contributed by atoms with Gasteiger partial charge in [-0.3, -0.25) is 14.4 Å². The van der Waals surface area contributed by atoms with Crippen molar-refractivity contribution < 1.29 is 28.6 Å². The van der Waals surface area contributed by atoms with Crippen LogP contribution < -0.4 is 0 Å². The first kappa shape index (κ1) is 72.6. The van der Waals surface area contributed by atoms with Crippen LogP contribution in [0, 0.1) is 0 Å². The second-order valence-corrected chi connectivity index (χ2v) is 21.7. The topological polar surface area (TPSA) is 78.9 Å².